The van der Waals surface area contributed by atoms with E-state index in [-0.39, 0.29) is 11.0 Å². The summed E-state index contributed by atoms with van der Waals surface area (Å²) in [5, 5.41) is 3.07. The summed E-state index contributed by atoms with van der Waals surface area (Å²) in [4.78, 5) is 0.227. The second-order valence-electron chi connectivity index (χ2n) is 3.98. The number of benzene rings is 1. The Morgan fingerprint density at radius 3 is 2.56 bits per heavy atom. The molecule has 88 valence electrons. The highest BCUT2D eigenvalue weighted by Crippen LogP contribution is 2.17. The topological polar surface area (TPSA) is 55.4 Å². The van der Waals surface area contributed by atoms with Crippen molar-refractivity contribution in [2.75, 3.05) is 13.1 Å². The minimum absolute atomic E-state index is 0.227. The molecule has 1 aliphatic rings. The van der Waals surface area contributed by atoms with Gasteiger partial charge in [-0.3, -0.25) is 4.18 Å². The lowest BCUT2D eigenvalue weighted by atomic mass is 10.2. The van der Waals surface area contributed by atoms with E-state index < -0.39 is 10.1 Å². The van der Waals surface area contributed by atoms with Crippen LogP contribution in [0.1, 0.15) is 12.0 Å². The fourth-order valence-corrected chi connectivity index (χ4v) is 2.75. The number of nitrogens with one attached hydrogen (secondary N) is 1. The molecule has 1 fully saturated rings. The maximum absolute atomic E-state index is 11.8. The van der Waals surface area contributed by atoms with Gasteiger partial charge >= 0.3 is 0 Å². The second-order valence-corrected chi connectivity index (χ2v) is 5.55. The maximum Gasteiger partial charge on any atom is 0.297 e. The average molecular weight is 241 g/mol. The van der Waals surface area contributed by atoms with Crippen molar-refractivity contribution in [2.45, 2.75) is 24.3 Å². The van der Waals surface area contributed by atoms with E-state index in [9.17, 15) is 8.42 Å². The van der Waals surface area contributed by atoms with Gasteiger partial charge in [0, 0.05) is 6.54 Å². The van der Waals surface area contributed by atoms with E-state index in [4.69, 9.17) is 4.18 Å². The molecule has 0 aliphatic carbocycles. The van der Waals surface area contributed by atoms with Crippen LogP contribution in [0.5, 0.6) is 0 Å². The van der Waals surface area contributed by atoms with Gasteiger partial charge in [-0.15, -0.1) is 0 Å². The number of hydrogen-bond acceptors (Lipinski definition) is 4. The number of rotatable bonds is 3. The molecule has 1 aromatic carbocycles. The molecule has 1 N–H and O–H groups in total. The van der Waals surface area contributed by atoms with Gasteiger partial charge in [-0.1, -0.05) is 17.7 Å². The molecule has 1 saturated heterocycles. The van der Waals surface area contributed by atoms with Crippen LogP contribution in [0.15, 0.2) is 29.2 Å². The van der Waals surface area contributed by atoms with Crippen molar-refractivity contribution in [3.8, 4) is 0 Å². The largest absolute Gasteiger partial charge is 0.314 e. The van der Waals surface area contributed by atoms with Crippen LogP contribution in [-0.2, 0) is 14.3 Å². The Morgan fingerprint density at radius 1 is 1.31 bits per heavy atom. The fraction of sp³-hybridized carbons (Fsp3) is 0.455. The van der Waals surface area contributed by atoms with E-state index in [0.717, 1.165) is 18.5 Å². The molecule has 0 spiro atoms. The predicted molar refractivity (Wildman–Crippen MR) is 60.7 cm³/mol. The highest BCUT2D eigenvalue weighted by atomic mass is 32.2. The van der Waals surface area contributed by atoms with E-state index in [1.807, 2.05) is 6.92 Å². The first-order valence-electron chi connectivity index (χ1n) is 5.28. The Hall–Kier alpha value is -0.910. The average Bonchev–Trinajstić information content (AvgIpc) is 2.70. The van der Waals surface area contributed by atoms with Crippen molar-refractivity contribution in [3.63, 3.8) is 0 Å². The first-order valence-corrected chi connectivity index (χ1v) is 6.69. The van der Waals surface area contributed by atoms with Gasteiger partial charge < -0.3 is 5.32 Å². The molecule has 0 aromatic heterocycles. The lowest BCUT2D eigenvalue weighted by Crippen LogP contribution is -2.21. The van der Waals surface area contributed by atoms with Crippen molar-refractivity contribution < 1.29 is 12.6 Å². The van der Waals surface area contributed by atoms with Crippen LogP contribution < -0.4 is 5.32 Å². The van der Waals surface area contributed by atoms with E-state index in [2.05, 4.69) is 5.32 Å². The molecule has 1 aromatic rings. The summed E-state index contributed by atoms with van der Waals surface area (Å²) in [6.07, 6.45) is 0.511. The highest BCUT2D eigenvalue weighted by Gasteiger charge is 2.24. The van der Waals surface area contributed by atoms with E-state index in [1.54, 1.807) is 24.3 Å². The van der Waals surface area contributed by atoms with Crippen LogP contribution in [0.2, 0.25) is 0 Å². The Kier molecular flexibility index (Phi) is 3.28. The minimum Gasteiger partial charge on any atom is -0.314 e. The highest BCUT2D eigenvalue weighted by molar-refractivity contribution is 7.86. The molecule has 2 rings (SSSR count). The Morgan fingerprint density at radius 2 is 2.00 bits per heavy atom. The SMILES string of the molecule is Cc1ccc(S(=O)(=O)OC2CCNC2)cc1. The van der Waals surface area contributed by atoms with Crippen molar-refractivity contribution in [2.24, 2.45) is 0 Å². The summed E-state index contributed by atoms with van der Waals surface area (Å²) in [5.74, 6) is 0. The second kappa shape index (κ2) is 4.53. The molecule has 0 amide bonds. The Labute approximate surface area is 95.7 Å². The summed E-state index contributed by atoms with van der Waals surface area (Å²) in [5.41, 5.74) is 1.03. The third kappa shape index (κ3) is 2.61. The van der Waals surface area contributed by atoms with E-state index >= 15 is 0 Å². The molecule has 0 bridgehead atoms. The first kappa shape index (κ1) is 11.6. The molecular formula is C11H15NO3S. The van der Waals surface area contributed by atoms with Gasteiger partial charge in [-0.05, 0) is 32.0 Å². The molecule has 0 saturated carbocycles. The first-order chi connectivity index (χ1) is 7.58. The van der Waals surface area contributed by atoms with Gasteiger partial charge in [0.05, 0.1) is 11.0 Å². The third-order valence-corrected chi connectivity index (χ3v) is 3.96. The maximum atomic E-state index is 11.8. The summed E-state index contributed by atoms with van der Waals surface area (Å²) in [6.45, 7) is 3.33. The quantitative estimate of drug-likeness (QED) is 0.804. The smallest absolute Gasteiger partial charge is 0.297 e. The fourth-order valence-electron chi connectivity index (χ4n) is 1.65. The van der Waals surface area contributed by atoms with Gasteiger partial charge in [0.15, 0.2) is 0 Å². The molecule has 1 heterocycles. The van der Waals surface area contributed by atoms with Crippen LogP contribution in [0.25, 0.3) is 0 Å². The summed E-state index contributed by atoms with van der Waals surface area (Å²) >= 11 is 0. The summed E-state index contributed by atoms with van der Waals surface area (Å²) in [6, 6.07) is 6.69. The van der Waals surface area contributed by atoms with Crippen LogP contribution in [-0.4, -0.2) is 27.6 Å². The molecule has 1 aliphatic heterocycles. The normalized spacial score (nSPS) is 21.2. The zero-order valence-corrected chi connectivity index (χ0v) is 9.96. The van der Waals surface area contributed by atoms with Crippen LogP contribution >= 0.6 is 0 Å². The van der Waals surface area contributed by atoms with Crippen molar-refractivity contribution in [1.29, 1.82) is 0 Å². The van der Waals surface area contributed by atoms with Crippen molar-refractivity contribution in [3.05, 3.63) is 29.8 Å². The van der Waals surface area contributed by atoms with Gasteiger partial charge in [0.25, 0.3) is 10.1 Å². The Balaban J connectivity index is 2.14. The molecular weight excluding hydrogens is 226 g/mol. The molecule has 4 nitrogen and oxygen atoms in total. The van der Waals surface area contributed by atoms with Gasteiger partial charge in [0.1, 0.15) is 0 Å². The zero-order chi connectivity index (χ0) is 11.6. The zero-order valence-electron chi connectivity index (χ0n) is 9.14. The molecule has 0 radical (unpaired) electrons. The lowest BCUT2D eigenvalue weighted by Gasteiger charge is -2.10. The number of hydrogen-bond donors (Lipinski definition) is 1. The molecule has 16 heavy (non-hydrogen) atoms. The number of aryl methyl sites for hydroxylation is 1. The standard InChI is InChI=1S/C11H15NO3S/c1-9-2-4-11(5-3-9)16(13,14)15-10-6-7-12-8-10/h2-5,10,12H,6-8H2,1H3. The van der Waals surface area contributed by atoms with Gasteiger partial charge in [-0.2, -0.15) is 8.42 Å². The third-order valence-electron chi connectivity index (χ3n) is 2.59. The van der Waals surface area contributed by atoms with Crippen LogP contribution in [0.4, 0.5) is 0 Å². The molecule has 1 atom stereocenters. The van der Waals surface area contributed by atoms with Gasteiger partial charge in [-0.25, -0.2) is 0 Å². The predicted octanol–water partition coefficient (Wildman–Crippen LogP) is 1.06. The van der Waals surface area contributed by atoms with Crippen molar-refractivity contribution in [1.82, 2.24) is 5.32 Å². The van der Waals surface area contributed by atoms with Crippen molar-refractivity contribution >= 4 is 10.1 Å². The van der Waals surface area contributed by atoms with Gasteiger partial charge in [0.2, 0.25) is 0 Å². The monoisotopic (exact) mass is 241 g/mol. The van der Waals surface area contributed by atoms with Crippen LogP contribution in [0, 0.1) is 6.92 Å². The molecule has 5 heteroatoms. The lowest BCUT2D eigenvalue weighted by molar-refractivity contribution is 0.230. The van der Waals surface area contributed by atoms with E-state index in [1.165, 1.54) is 0 Å². The summed E-state index contributed by atoms with van der Waals surface area (Å²) < 4.78 is 28.8. The minimum atomic E-state index is -3.60. The van der Waals surface area contributed by atoms with Crippen LogP contribution in [0.3, 0.4) is 0 Å². The molecule has 1 unspecified atom stereocenters. The Bertz CT molecular complexity index is 447. The van der Waals surface area contributed by atoms with E-state index in [0.29, 0.717) is 6.54 Å². The summed E-state index contributed by atoms with van der Waals surface area (Å²) in [7, 11) is -3.60.